The molecule has 2 amide bonds. The van der Waals surface area contributed by atoms with Crippen LogP contribution >= 0.6 is 11.3 Å². The highest BCUT2D eigenvalue weighted by Gasteiger charge is 2.32. The number of aromatic nitrogens is 4. The van der Waals surface area contributed by atoms with Crippen LogP contribution in [-0.4, -0.2) is 75.2 Å². The van der Waals surface area contributed by atoms with Crippen LogP contribution in [0, 0.1) is 13.8 Å². The first-order chi connectivity index (χ1) is 14.8. The molecule has 164 valence electrons. The molecule has 0 bridgehead atoms. The van der Waals surface area contributed by atoms with E-state index in [1.165, 1.54) is 11.3 Å². The molecule has 3 aromatic heterocycles. The quantitative estimate of drug-likeness (QED) is 0.601. The molecule has 3 aromatic rings. The number of rotatable bonds is 5. The molecule has 1 aliphatic rings. The topological polar surface area (TPSA) is 93.5 Å². The molecular weight excluding hydrogens is 416 g/mol. The summed E-state index contributed by atoms with van der Waals surface area (Å²) in [6.07, 6.45) is 1.69. The second-order valence-electron chi connectivity index (χ2n) is 7.78. The van der Waals surface area contributed by atoms with E-state index in [-0.39, 0.29) is 17.9 Å². The Labute approximate surface area is 184 Å². The lowest BCUT2D eigenvalue weighted by atomic mass is 10.0. The zero-order valence-electron chi connectivity index (χ0n) is 18.2. The maximum Gasteiger partial charge on any atom is 0.263 e. The van der Waals surface area contributed by atoms with Gasteiger partial charge in [0.15, 0.2) is 0 Å². The highest BCUT2D eigenvalue weighted by atomic mass is 32.1. The largest absolute Gasteiger partial charge is 0.370 e. The molecule has 0 aromatic carbocycles. The average molecular weight is 443 g/mol. The number of carbonyl (C=O) groups excluding carboxylic acids is 2. The van der Waals surface area contributed by atoms with Crippen LogP contribution in [0.2, 0.25) is 0 Å². The maximum atomic E-state index is 12.9. The molecule has 0 aliphatic carbocycles. The highest BCUT2D eigenvalue weighted by Crippen LogP contribution is 2.37. The lowest BCUT2D eigenvalue weighted by Gasteiger charge is -2.33. The average Bonchev–Trinajstić information content (AvgIpc) is 3.30. The van der Waals surface area contributed by atoms with E-state index in [0.29, 0.717) is 43.4 Å². The van der Waals surface area contributed by atoms with E-state index in [0.717, 1.165) is 21.6 Å². The van der Waals surface area contributed by atoms with Gasteiger partial charge in [0.1, 0.15) is 27.5 Å². The fourth-order valence-electron chi connectivity index (χ4n) is 3.82. The molecule has 1 fully saturated rings. The van der Waals surface area contributed by atoms with Gasteiger partial charge in [0.25, 0.3) is 5.91 Å². The van der Waals surface area contributed by atoms with E-state index in [2.05, 4.69) is 15.1 Å². The third-order valence-corrected chi connectivity index (χ3v) is 6.46. The summed E-state index contributed by atoms with van der Waals surface area (Å²) in [4.78, 5) is 39.3. The van der Waals surface area contributed by atoms with Crippen molar-refractivity contribution in [3.63, 3.8) is 0 Å². The molecular formula is C21H26N6O3S. The van der Waals surface area contributed by atoms with Gasteiger partial charge in [0.05, 0.1) is 19.7 Å². The Hall–Kier alpha value is -2.85. The minimum atomic E-state index is -0.370. The zero-order valence-corrected chi connectivity index (χ0v) is 19.0. The Bertz CT molecular complexity index is 1120. The molecule has 0 saturated carbocycles. The molecule has 9 nitrogen and oxygen atoms in total. The second-order valence-corrected chi connectivity index (χ2v) is 8.78. The van der Waals surface area contributed by atoms with Gasteiger partial charge in [-0.05, 0) is 19.9 Å². The van der Waals surface area contributed by atoms with E-state index < -0.39 is 0 Å². The van der Waals surface area contributed by atoms with Crippen LogP contribution in [0.4, 0.5) is 0 Å². The van der Waals surface area contributed by atoms with Crippen LogP contribution in [0.3, 0.4) is 0 Å². The summed E-state index contributed by atoms with van der Waals surface area (Å²) in [5, 5.41) is 5.24. The van der Waals surface area contributed by atoms with Gasteiger partial charge < -0.3 is 14.5 Å². The molecule has 0 N–H and O–H groups in total. The molecule has 1 saturated heterocycles. The smallest absolute Gasteiger partial charge is 0.263 e. The summed E-state index contributed by atoms with van der Waals surface area (Å²) in [6, 6.07) is 3.82. The van der Waals surface area contributed by atoms with Gasteiger partial charge in [-0.1, -0.05) is 6.07 Å². The minimum absolute atomic E-state index is 0.0407. The number of ether oxygens (including phenoxy) is 1. The van der Waals surface area contributed by atoms with Crippen LogP contribution in [-0.2, 0) is 16.1 Å². The standard InChI is InChI=1S/C21H26N6O3S/c1-13-23-14(2)27(24-13)9-7-17(28)26-10-11-30-16(12-26)18-15-6-5-8-22-20(15)31-19(18)21(29)25(3)4/h5-6,8,16H,7,9-12H2,1-4H3/t16-/m0/s1. The van der Waals surface area contributed by atoms with Gasteiger partial charge in [-0.15, -0.1) is 11.3 Å². The SMILES string of the molecule is Cc1nc(C)n(CCC(=O)N2CCO[C@H](c3c(C(=O)N(C)C)sc4ncccc34)C2)n1. The first kappa shape index (κ1) is 21.4. The van der Waals surface area contributed by atoms with Gasteiger partial charge >= 0.3 is 0 Å². The first-order valence-corrected chi connectivity index (χ1v) is 11.0. The number of hydrogen-bond acceptors (Lipinski definition) is 7. The summed E-state index contributed by atoms with van der Waals surface area (Å²) in [6.45, 7) is 5.57. The molecule has 31 heavy (non-hydrogen) atoms. The number of amides is 2. The number of morpholine rings is 1. The van der Waals surface area contributed by atoms with Crippen molar-refractivity contribution < 1.29 is 14.3 Å². The Kier molecular flexibility index (Phi) is 6.01. The number of nitrogens with zero attached hydrogens (tertiary/aromatic N) is 6. The number of aryl methyl sites for hydroxylation is 3. The molecule has 10 heteroatoms. The number of fused-ring (bicyclic) bond motifs is 1. The first-order valence-electron chi connectivity index (χ1n) is 10.2. The molecule has 4 rings (SSSR count). The predicted octanol–water partition coefficient (Wildman–Crippen LogP) is 2.20. The van der Waals surface area contributed by atoms with Crippen molar-refractivity contribution in [1.82, 2.24) is 29.5 Å². The van der Waals surface area contributed by atoms with Crippen molar-refractivity contribution in [1.29, 1.82) is 0 Å². The van der Waals surface area contributed by atoms with Gasteiger partial charge in [0.2, 0.25) is 5.91 Å². The van der Waals surface area contributed by atoms with Gasteiger partial charge in [-0.25, -0.2) is 14.6 Å². The third kappa shape index (κ3) is 4.31. The van der Waals surface area contributed by atoms with Crippen LogP contribution < -0.4 is 0 Å². The monoisotopic (exact) mass is 442 g/mol. The van der Waals surface area contributed by atoms with Crippen LogP contribution in [0.1, 0.15) is 39.4 Å². The van der Waals surface area contributed by atoms with Crippen molar-refractivity contribution in [2.75, 3.05) is 33.8 Å². The fourth-order valence-corrected chi connectivity index (χ4v) is 5.03. The van der Waals surface area contributed by atoms with Gasteiger partial charge in [-0.3, -0.25) is 9.59 Å². The normalized spacial score (nSPS) is 16.6. The van der Waals surface area contributed by atoms with E-state index in [9.17, 15) is 9.59 Å². The van der Waals surface area contributed by atoms with E-state index in [4.69, 9.17) is 4.74 Å². The molecule has 0 spiro atoms. The van der Waals surface area contributed by atoms with Crippen molar-refractivity contribution in [2.45, 2.75) is 32.9 Å². The van der Waals surface area contributed by atoms with Crippen molar-refractivity contribution >= 4 is 33.4 Å². The van der Waals surface area contributed by atoms with Gasteiger partial charge in [-0.2, -0.15) is 5.10 Å². The lowest BCUT2D eigenvalue weighted by Crippen LogP contribution is -2.43. The number of thiophene rings is 1. The molecule has 1 atom stereocenters. The number of pyridine rings is 1. The van der Waals surface area contributed by atoms with Gasteiger partial charge in [0, 0.05) is 44.2 Å². The molecule has 4 heterocycles. The second kappa shape index (κ2) is 8.72. The van der Waals surface area contributed by atoms with Crippen molar-refractivity contribution in [2.24, 2.45) is 0 Å². The summed E-state index contributed by atoms with van der Waals surface area (Å²) >= 11 is 1.37. The Morgan fingerprint density at radius 3 is 2.84 bits per heavy atom. The summed E-state index contributed by atoms with van der Waals surface area (Å²) in [7, 11) is 3.46. The summed E-state index contributed by atoms with van der Waals surface area (Å²) < 4.78 is 7.81. The molecule has 0 unspecified atom stereocenters. The highest BCUT2D eigenvalue weighted by molar-refractivity contribution is 7.20. The Morgan fingerprint density at radius 1 is 1.32 bits per heavy atom. The minimum Gasteiger partial charge on any atom is -0.370 e. The van der Waals surface area contributed by atoms with E-state index in [1.54, 1.807) is 29.9 Å². The summed E-state index contributed by atoms with van der Waals surface area (Å²) in [5.41, 5.74) is 0.826. The van der Waals surface area contributed by atoms with Crippen LogP contribution in [0.15, 0.2) is 18.3 Å². The number of hydrogen-bond donors (Lipinski definition) is 0. The molecule has 1 aliphatic heterocycles. The number of carbonyl (C=O) groups is 2. The lowest BCUT2D eigenvalue weighted by molar-refractivity contribution is -0.139. The Morgan fingerprint density at radius 2 is 2.13 bits per heavy atom. The summed E-state index contributed by atoms with van der Waals surface area (Å²) in [5.74, 6) is 1.46. The van der Waals surface area contributed by atoms with Crippen molar-refractivity contribution in [3.05, 3.63) is 40.4 Å². The van der Waals surface area contributed by atoms with Crippen LogP contribution in [0.5, 0.6) is 0 Å². The Balaban J connectivity index is 1.55. The van der Waals surface area contributed by atoms with Crippen LogP contribution in [0.25, 0.3) is 10.2 Å². The zero-order chi connectivity index (χ0) is 22.1. The maximum absolute atomic E-state index is 12.9. The van der Waals surface area contributed by atoms with Crippen molar-refractivity contribution in [3.8, 4) is 0 Å². The van der Waals surface area contributed by atoms with E-state index >= 15 is 0 Å². The third-order valence-electron chi connectivity index (χ3n) is 5.35. The van der Waals surface area contributed by atoms with E-state index in [1.807, 2.05) is 30.9 Å². The molecule has 0 radical (unpaired) electrons. The predicted molar refractivity (Wildman–Crippen MR) is 117 cm³/mol. The fraction of sp³-hybridized carbons (Fsp3) is 0.476.